The number of halogens is 1. The van der Waals surface area contributed by atoms with E-state index in [9.17, 15) is 0 Å². The van der Waals surface area contributed by atoms with Crippen LogP contribution in [0.1, 0.15) is 6.92 Å². The average molecular weight is 266 g/mol. The van der Waals surface area contributed by atoms with Crippen molar-refractivity contribution in [3.63, 3.8) is 0 Å². The number of rotatable bonds is 3. The minimum Gasteiger partial charge on any atom is -0.411 e. The summed E-state index contributed by atoms with van der Waals surface area (Å²) in [5.41, 5.74) is 0.804. The van der Waals surface area contributed by atoms with Gasteiger partial charge in [0.05, 0.1) is 11.3 Å². The van der Waals surface area contributed by atoms with E-state index in [0.29, 0.717) is 16.1 Å². The maximum Gasteiger partial charge on any atom is 0.278 e. The molecule has 1 unspecified atom stereocenters. The Hall–Kier alpha value is -1.51. The highest BCUT2D eigenvalue weighted by atomic mass is 35.5. The van der Waals surface area contributed by atoms with Gasteiger partial charge in [0.1, 0.15) is 0 Å². The molecule has 0 amide bonds. The monoisotopic (exact) mass is 265 g/mol. The Balaban J connectivity index is 2.18. The van der Waals surface area contributed by atoms with Crippen LogP contribution >= 0.6 is 23.4 Å². The van der Waals surface area contributed by atoms with Gasteiger partial charge in [0, 0.05) is 10.6 Å². The summed E-state index contributed by atoms with van der Waals surface area (Å²) < 4.78 is 5.43. The maximum absolute atomic E-state index is 8.68. The van der Waals surface area contributed by atoms with E-state index in [1.54, 1.807) is 31.2 Å². The van der Waals surface area contributed by atoms with Crippen molar-refractivity contribution in [2.75, 3.05) is 0 Å². The van der Waals surface area contributed by atoms with Crippen molar-refractivity contribution >= 4 is 23.4 Å². The molecule has 0 aliphatic rings. The van der Waals surface area contributed by atoms with Crippen LogP contribution in [0.2, 0.25) is 5.02 Å². The number of nitrogens with zero attached hydrogens (tertiary/aromatic N) is 3. The third-order valence-electron chi connectivity index (χ3n) is 1.96. The minimum atomic E-state index is -0.214. The van der Waals surface area contributed by atoms with Crippen LogP contribution in [0.4, 0.5) is 0 Å². The molecule has 2 aromatic rings. The molecule has 0 N–H and O–H groups in total. The molecule has 86 valence electrons. The van der Waals surface area contributed by atoms with Crippen LogP contribution in [0.25, 0.3) is 11.5 Å². The van der Waals surface area contributed by atoms with Gasteiger partial charge in [-0.05, 0) is 43.0 Å². The highest BCUT2D eigenvalue weighted by Crippen LogP contribution is 2.26. The Labute approximate surface area is 108 Å². The highest BCUT2D eigenvalue weighted by Gasteiger charge is 2.11. The van der Waals surface area contributed by atoms with Crippen LogP contribution in [-0.4, -0.2) is 15.4 Å². The van der Waals surface area contributed by atoms with Crippen molar-refractivity contribution in [3.05, 3.63) is 29.3 Å². The van der Waals surface area contributed by atoms with Crippen LogP contribution in [-0.2, 0) is 0 Å². The van der Waals surface area contributed by atoms with Crippen LogP contribution < -0.4 is 0 Å². The van der Waals surface area contributed by atoms with Crippen molar-refractivity contribution in [3.8, 4) is 17.5 Å². The fourth-order valence-electron chi connectivity index (χ4n) is 1.14. The molecule has 1 aromatic carbocycles. The second-order valence-corrected chi connectivity index (χ2v) is 5.00. The van der Waals surface area contributed by atoms with Crippen molar-refractivity contribution in [2.45, 2.75) is 17.4 Å². The molecule has 1 atom stereocenters. The third kappa shape index (κ3) is 2.99. The van der Waals surface area contributed by atoms with E-state index < -0.39 is 0 Å². The summed E-state index contributed by atoms with van der Waals surface area (Å²) in [6, 6.07) is 9.21. The quantitative estimate of drug-likeness (QED) is 0.796. The summed E-state index contributed by atoms with van der Waals surface area (Å²) in [5.74, 6) is 0.425. The van der Waals surface area contributed by atoms with Crippen LogP contribution in [0.5, 0.6) is 0 Å². The number of aromatic nitrogens is 2. The maximum atomic E-state index is 8.68. The van der Waals surface area contributed by atoms with Gasteiger partial charge in [0.2, 0.25) is 5.89 Å². The molecule has 0 saturated carbocycles. The summed E-state index contributed by atoms with van der Waals surface area (Å²) in [6.45, 7) is 1.77. The molecule has 0 aliphatic heterocycles. The molecule has 0 radical (unpaired) electrons. The Morgan fingerprint density at radius 3 is 2.71 bits per heavy atom. The molecule has 0 saturated heterocycles. The lowest BCUT2D eigenvalue weighted by atomic mass is 10.2. The van der Waals surface area contributed by atoms with Crippen molar-refractivity contribution in [1.82, 2.24) is 10.2 Å². The van der Waals surface area contributed by atoms with Gasteiger partial charge in [0.25, 0.3) is 5.22 Å². The van der Waals surface area contributed by atoms with Crippen molar-refractivity contribution in [2.24, 2.45) is 0 Å². The standard InChI is InChI=1S/C11H8ClN3OS/c1-7(6-13)17-11-15-14-10(16-11)8-2-4-9(12)5-3-8/h2-5,7H,1H3. The third-order valence-corrected chi connectivity index (χ3v) is 3.03. The van der Waals surface area contributed by atoms with Crippen LogP contribution in [0.3, 0.4) is 0 Å². The van der Waals surface area contributed by atoms with Gasteiger partial charge in [-0.25, -0.2) is 0 Å². The van der Waals surface area contributed by atoms with E-state index in [1.807, 2.05) is 0 Å². The van der Waals surface area contributed by atoms with Crippen LogP contribution in [0, 0.1) is 11.3 Å². The molecule has 17 heavy (non-hydrogen) atoms. The molecule has 4 nitrogen and oxygen atoms in total. The lowest BCUT2D eigenvalue weighted by Gasteiger charge is -1.95. The van der Waals surface area contributed by atoms with E-state index in [0.717, 1.165) is 5.56 Å². The van der Waals surface area contributed by atoms with Gasteiger partial charge >= 0.3 is 0 Å². The van der Waals surface area contributed by atoms with Crippen molar-refractivity contribution in [1.29, 1.82) is 5.26 Å². The topological polar surface area (TPSA) is 62.7 Å². The first-order valence-electron chi connectivity index (χ1n) is 4.85. The highest BCUT2D eigenvalue weighted by molar-refractivity contribution is 7.99. The lowest BCUT2D eigenvalue weighted by molar-refractivity contribution is 0.465. The van der Waals surface area contributed by atoms with Gasteiger partial charge in [0.15, 0.2) is 0 Å². The summed E-state index contributed by atoms with van der Waals surface area (Å²) in [6.07, 6.45) is 0. The zero-order valence-corrected chi connectivity index (χ0v) is 10.5. The normalized spacial score (nSPS) is 12.1. The fourth-order valence-corrected chi connectivity index (χ4v) is 1.84. The Bertz CT molecular complexity index is 547. The summed E-state index contributed by atoms with van der Waals surface area (Å²) in [5, 5.41) is 17.3. The number of hydrogen-bond acceptors (Lipinski definition) is 5. The zero-order valence-electron chi connectivity index (χ0n) is 8.92. The Morgan fingerprint density at radius 1 is 1.35 bits per heavy atom. The zero-order chi connectivity index (χ0) is 12.3. The summed E-state index contributed by atoms with van der Waals surface area (Å²) in [7, 11) is 0. The molecular weight excluding hydrogens is 258 g/mol. The van der Waals surface area contributed by atoms with Gasteiger partial charge in [-0.3, -0.25) is 0 Å². The minimum absolute atomic E-state index is 0.214. The smallest absolute Gasteiger partial charge is 0.278 e. The molecule has 1 heterocycles. The van der Waals surface area contributed by atoms with E-state index in [2.05, 4.69) is 16.3 Å². The molecular formula is C11H8ClN3OS. The van der Waals surface area contributed by atoms with E-state index in [4.69, 9.17) is 21.3 Å². The van der Waals surface area contributed by atoms with E-state index >= 15 is 0 Å². The van der Waals surface area contributed by atoms with Crippen LogP contribution in [0.15, 0.2) is 33.9 Å². The summed E-state index contributed by atoms with van der Waals surface area (Å²) >= 11 is 7.02. The molecule has 2 rings (SSSR count). The number of nitriles is 1. The first-order valence-corrected chi connectivity index (χ1v) is 6.10. The lowest BCUT2D eigenvalue weighted by Crippen LogP contribution is -1.88. The van der Waals surface area contributed by atoms with Crippen molar-refractivity contribution < 1.29 is 4.42 Å². The molecule has 0 fully saturated rings. The van der Waals surface area contributed by atoms with Gasteiger partial charge in [-0.2, -0.15) is 5.26 Å². The molecule has 6 heteroatoms. The largest absolute Gasteiger partial charge is 0.411 e. The number of hydrogen-bond donors (Lipinski definition) is 0. The predicted molar refractivity (Wildman–Crippen MR) is 65.7 cm³/mol. The SMILES string of the molecule is CC(C#N)Sc1nnc(-c2ccc(Cl)cc2)o1. The van der Waals surface area contributed by atoms with Gasteiger partial charge in [-0.15, -0.1) is 10.2 Å². The molecule has 1 aromatic heterocycles. The molecule has 0 bridgehead atoms. The first kappa shape index (κ1) is 12.0. The van der Waals surface area contributed by atoms with Gasteiger partial charge in [-0.1, -0.05) is 11.6 Å². The molecule has 0 spiro atoms. The average Bonchev–Trinajstić information content (AvgIpc) is 2.78. The second-order valence-electron chi connectivity index (χ2n) is 3.27. The Kier molecular flexibility index (Phi) is 3.67. The Morgan fingerprint density at radius 2 is 2.06 bits per heavy atom. The predicted octanol–water partition coefficient (Wildman–Crippen LogP) is 3.39. The molecule has 0 aliphatic carbocycles. The fraction of sp³-hybridized carbons (Fsp3) is 0.182. The number of thioether (sulfide) groups is 1. The van der Waals surface area contributed by atoms with E-state index in [1.165, 1.54) is 11.8 Å². The van der Waals surface area contributed by atoms with E-state index in [-0.39, 0.29) is 5.25 Å². The second kappa shape index (κ2) is 5.21. The van der Waals surface area contributed by atoms with Gasteiger partial charge < -0.3 is 4.42 Å². The summed E-state index contributed by atoms with van der Waals surface area (Å²) in [4.78, 5) is 0. The number of benzene rings is 1. The first-order chi connectivity index (χ1) is 8.19.